The summed E-state index contributed by atoms with van der Waals surface area (Å²) in [6.07, 6.45) is 0. The molecule has 2 aromatic carbocycles. The molecule has 0 bridgehead atoms. The topological polar surface area (TPSA) is 53.1 Å². The van der Waals surface area contributed by atoms with Gasteiger partial charge in [0, 0.05) is 10.9 Å². The van der Waals surface area contributed by atoms with Crippen LogP contribution in [-0.2, 0) is 0 Å². The third-order valence-corrected chi connectivity index (χ3v) is 3.89. The van der Waals surface area contributed by atoms with Crippen LogP contribution in [0.1, 0.15) is 10.4 Å². The van der Waals surface area contributed by atoms with Gasteiger partial charge in [0.05, 0.1) is 15.7 Å². The molecule has 2 N–H and O–H groups in total. The molecule has 94 valence electrons. The third-order valence-electron chi connectivity index (χ3n) is 3.06. The SMILES string of the molecule is O=C(O)c1ccc(-c2[nH]c3ccccc3c2Br)cc1. The van der Waals surface area contributed by atoms with E-state index in [-0.39, 0.29) is 5.56 Å². The molecule has 4 heteroatoms. The summed E-state index contributed by atoms with van der Waals surface area (Å²) < 4.78 is 0.992. The van der Waals surface area contributed by atoms with Crippen LogP contribution in [0.4, 0.5) is 0 Å². The number of aromatic carboxylic acids is 1. The summed E-state index contributed by atoms with van der Waals surface area (Å²) in [7, 11) is 0. The van der Waals surface area contributed by atoms with Crippen LogP contribution in [0.5, 0.6) is 0 Å². The molecular formula is C15H10BrNO2. The van der Waals surface area contributed by atoms with Gasteiger partial charge in [-0.3, -0.25) is 0 Å². The Morgan fingerprint density at radius 1 is 1.05 bits per heavy atom. The zero-order chi connectivity index (χ0) is 13.4. The van der Waals surface area contributed by atoms with Crippen LogP contribution in [0, 0.1) is 0 Å². The number of carbonyl (C=O) groups is 1. The molecule has 0 atom stereocenters. The zero-order valence-electron chi connectivity index (χ0n) is 9.85. The number of rotatable bonds is 2. The molecular weight excluding hydrogens is 306 g/mol. The number of hydrogen-bond acceptors (Lipinski definition) is 1. The fourth-order valence-corrected chi connectivity index (χ4v) is 2.76. The van der Waals surface area contributed by atoms with Crippen molar-refractivity contribution in [3.63, 3.8) is 0 Å². The van der Waals surface area contributed by atoms with Crippen molar-refractivity contribution in [2.24, 2.45) is 0 Å². The molecule has 0 spiro atoms. The van der Waals surface area contributed by atoms with Crippen molar-refractivity contribution < 1.29 is 9.90 Å². The fourth-order valence-electron chi connectivity index (χ4n) is 2.09. The van der Waals surface area contributed by atoms with Gasteiger partial charge in [0.15, 0.2) is 0 Å². The Labute approximate surface area is 118 Å². The maximum absolute atomic E-state index is 10.8. The normalized spacial score (nSPS) is 10.8. The molecule has 0 aliphatic rings. The van der Waals surface area contributed by atoms with Crippen LogP contribution >= 0.6 is 15.9 Å². The van der Waals surface area contributed by atoms with Gasteiger partial charge in [0.2, 0.25) is 0 Å². The first kappa shape index (κ1) is 12.0. The molecule has 0 aliphatic heterocycles. The molecule has 0 unspecified atom stereocenters. The molecule has 19 heavy (non-hydrogen) atoms. The summed E-state index contributed by atoms with van der Waals surface area (Å²) in [6.45, 7) is 0. The largest absolute Gasteiger partial charge is 0.478 e. The van der Waals surface area contributed by atoms with E-state index in [1.165, 1.54) is 0 Å². The van der Waals surface area contributed by atoms with E-state index in [0.717, 1.165) is 26.6 Å². The van der Waals surface area contributed by atoms with E-state index in [1.807, 2.05) is 24.3 Å². The van der Waals surface area contributed by atoms with Gasteiger partial charge in [-0.2, -0.15) is 0 Å². The zero-order valence-corrected chi connectivity index (χ0v) is 11.4. The monoisotopic (exact) mass is 315 g/mol. The lowest BCUT2D eigenvalue weighted by molar-refractivity contribution is 0.0697. The molecule has 1 aromatic heterocycles. The molecule has 0 saturated heterocycles. The lowest BCUT2D eigenvalue weighted by atomic mass is 10.1. The summed E-state index contributed by atoms with van der Waals surface area (Å²) in [5, 5.41) is 10.0. The second-order valence-electron chi connectivity index (χ2n) is 4.24. The second-order valence-corrected chi connectivity index (χ2v) is 5.04. The average molecular weight is 316 g/mol. The van der Waals surface area contributed by atoms with Crippen molar-refractivity contribution in [1.29, 1.82) is 0 Å². The fraction of sp³-hybridized carbons (Fsp3) is 0. The molecule has 3 rings (SSSR count). The van der Waals surface area contributed by atoms with E-state index in [9.17, 15) is 4.79 Å². The van der Waals surface area contributed by atoms with Crippen molar-refractivity contribution in [2.45, 2.75) is 0 Å². The molecule has 3 nitrogen and oxygen atoms in total. The predicted octanol–water partition coefficient (Wildman–Crippen LogP) is 4.30. The maximum Gasteiger partial charge on any atom is 0.335 e. The second kappa shape index (κ2) is 4.55. The van der Waals surface area contributed by atoms with Crippen LogP contribution < -0.4 is 0 Å². The Hall–Kier alpha value is -2.07. The van der Waals surface area contributed by atoms with Crippen LogP contribution in [0.3, 0.4) is 0 Å². The van der Waals surface area contributed by atoms with E-state index in [4.69, 9.17) is 5.11 Å². The summed E-state index contributed by atoms with van der Waals surface area (Å²) in [4.78, 5) is 14.2. The Balaban J connectivity index is 2.13. The Morgan fingerprint density at radius 2 is 1.74 bits per heavy atom. The van der Waals surface area contributed by atoms with E-state index < -0.39 is 5.97 Å². The summed E-state index contributed by atoms with van der Waals surface area (Å²) >= 11 is 3.59. The van der Waals surface area contributed by atoms with Gasteiger partial charge in [0.1, 0.15) is 0 Å². The van der Waals surface area contributed by atoms with Crippen LogP contribution in [0.25, 0.3) is 22.2 Å². The minimum absolute atomic E-state index is 0.288. The molecule has 0 aliphatic carbocycles. The number of aromatic nitrogens is 1. The van der Waals surface area contributed by atoms with Crippen LogP contribution in [0.2, 0.25) is 0 Å². The minimum Gasteiger partial charge on any atom is -0.478 e. The summed E-state index contributed by atoms with van der Waals surface area (Å²) in [5.74, 6) is -0.915. The molecule has 0 saturated carbocycles. The number of H-pyrrole nitrogens is 1. The molecule has 0 fully saturated rings. The molecule has 1 heterocycles. The van der Waals surface area contributed by atoms with Crippen molar-refractivity contribution in [2.75, 3.05) is 0 Å². The van der Waals surface area contributed by atoms with Gasteiger partial charge < -0.3 is 10.1 Å². The number of nitrogens with one attached hydrogen (secondary N) is 1. The summed E-state index contributed by atoms with van der Waals surface area (Å²) in [5.41, 5.74) is 3.24. The number of hydrogen-bond donors (Lipinski definition) is 2. The van der Waals surface area contributed by atoms with Crippen LogP contribution in [0.15, 0.2) is 53.0 Å². The lowest BCUT2D eigenvalue weighted by Crippen LogP contribution is -1.95. The Kier molecular flexibility index (Phi) is 2.87. The quantitative estimate of drug-likeness (QED) is 0.741. The maximum atomic E-state index is 10.8. The third kappa shape index (κ3) is 2.04. The first-order valence-corrected chi connectivity index (χ1v) is 6.56. The first-order valence-electron chi connectivity index (χ1n) is 5.77. The highest BCUT2D eigenvalue weighted by molar-refractivity contribution is 9.10. The van der Waals surface area contributed by atoms with Gasteiger partial charge in [-0.1, -0.05) is 30.3 Å². The number of aromatic amines is 1. The molecule has 3 aromatic rings. The summed E-state index contributed by atoms with van der Waals surface area (Å²) in [6, 6.07) is 14.8. The van der Waals surface area contributed by atoms with E-state index in [2.05, 4.69) is 20.9 Å². The Bertz CT molecular complexity index is 759. The van der Waals surface area contributed by atoms with Gasteiger partial charge in [-0.25, -0.2) is 4.79 Å². The number of para-hydroxylation sites is 1. The lowest BCUT2D eigenvalue weighted by Gasteiger charge is -2.00. The van der Waals surface area contributed by atoms with Gasteiger partial charge in [-0.15, -0.1) is 0 Å². The number of halogens is 1. The van der Waals surface area contributed by atoms with Crippen molar-refractivity contribution in [3.05, 3.63) is 58.6 Å². The highest BCUT2D eigenvalue weighted by Gasteiger charge is 2.11. The minimum atomic E-state index is -0.915. The van der Waals surface area contributed by atoms with E-state index in [0.29, 0.717) is 0 Å². The first-order chi connectivity index (χ1) is 9.16. The molecule has 0 radical (unpaired) electrons. The van der Waals surface area contributed by atoms with E-state index in [1.54, 1.807) is 24.3 Å². The molecule has 0 amide bonds. The number of carboxylic acids is 1. The number of fused-ring (bicyclic) bond motifs is 1. The van der Waals surface area contributed by atoms with Crippen molar-refractivity contribution in [3.8, 4) is 11.3 Å². The Morgan fingerprint density at radius 3 is 2.37 bits per heavy atom. The number of carboxylic acid groups (broad SMARTS) is 1. The number of benzene rings is 2. The van der Waals surface area contributed by atoms with Gasteiger partial charge in [-0.05, 0) is 39.7 Å². The van der Waals surface area contributed by atoms with Gasteiger partial charge >= 0.3 is 5.97 Å². The predicted molar refractivity (Wildman–Crippen MR) is 78.4 cm³/mol. The van der Waals surface area contributed by atoms with Crippen molar-refractivity contribution >= 4 is 32.8 Å². The highest BCUT2D eigenvalue weighted by Crippen LogP contribution is 2.34. The standard InChI is InChI=1S/C15H10BrNO2/c16-13-11-3-1-2-4-12(11)17-14(13)9-5-7-10(8-6-9)15(18)19/h1-8,17H,(H,18,19). The average Bonchev–Trinajstić information content (AvgIpc) is 2.77. The highest BCUT2D eigenvalue weighted by atomic mass is 79.9. The van der Waals surface area contributed by atoms with Gasteiger partial charge in [0.25, 0.3) is 0 Å². The van der Waals surface area contributed by atoms with Crippen LogP contribution in [-0.4, -0.2) is 16.1 Å². The van der Waals surface area contributed by atoms with E-state index >= 15 is 0 Å². The van der Waals surface area contributed by atoms with Crippen molar-refractivity contribution in [1.82, 2.24) is 4.98 Å². The smallest absolute Gasteiger partial charge is 0.335 e.